The molecule has 0 aliphatic rings. The normalized spacial score (nSPS) is 7.50. The minimum Gasteiger partial charge on any atom is -0.450 e. The zero-order valence-electron chi connectivity index (χ0n) is 6.26. The lowest BCUT2D eigenvalue weighted by Gasteiger charge is -1.85. The van der Waals surface area contributed by atoms with Gasteiger partial charge in [0.05, 0.1) is 0 Å². The Morgan fingerprint density at radius 1 is 1.50 bits per heavy atom. The molecule has 0 saturated heterocycles. The molecule has 3 nitrogen and oxygen atoms in total. The average Bonchev–Trinajstić information content (AvgIpc) is 1.89. The first-order valence-electron chi connectivity index (χ1n) is 3.10. The van der Waals surface area contributed by atoms with Crippen molar-refractivity contribution in [3.05, 3.63) is 0 Å². The Morgan fingerprint density at radius 3 is 1.90 bits per heavy atom. The molecule has 10 heavy (non-hydrogen) atoms. The molecule has 0 bridgehead atoms. The number of hydrogen-bond donors (Lipinski definition) is 1. The minimum atomic E-state index is -1.34. The molecule has 0 aliphatic carbocycles. The van der Waals surface area contributed by atoms with Gasteiger partial charge in [0.15, 0.2) is 6.07 Å². The third-order valence-electron chi connectivity index (χ3n) is 0.678. The van der Waals surface area contributed by atoms with Crippen LogP contribution in [0.1, 0.15) is 26.7 Å². The van der Waals surface area contributed by atoms with E-state index in [1.54, 1.807) is 0 Å². The van der Waals surface area contributed by atoms with E-state index in [-0.39, 0.29) is 6.07 Å². The van der Waals surface area contributed by atoms with E-state index in [0.717, 1.165) is 0 Å². The first kappa shape index (κ1) is 12.3. The predicted molar refractivity (Wildman–Crippen MR) is 40.4 cm³/mol. The predicted octanol–water partition coefficient (Wildman–Crippen LogP) is 2.68. The van der Waals surface area contributed by atoms with Crippen molar-refractivity contribution in [2.45, 2.75) is 26.7 Å². The van der Waals surface area contributed by atoms with E-state index in [2.05, 4.69) is 18.6 Å². The first-order valence-corrected chi connectivity index (χ1v) is 3.64. The lowest BCUT2D eigenvalue weighted by atomic mass is 10.4. The van der Waals surface area contributed by atoms with Crippen LogP contribution < -0.4 is 0 Å². The van der Waals surface area contributed by atoms with Crippen LogP contribution in [0.25, 0.3) is 0 Å². The third-order valence-corrected chi connectivity index (χ3v) is 0.787. The Bertz CT molecular complexity index is 73.4. The van der Waals surface area contributed by atoms with Crippen LogP contribution in [-0.4, -0.2) is 17.3 Å². The zero-order chi connectivity index (χ0) is 8.41. The van der Waals surface area contributed by atoms with Crippen LogP contribution >= 0.6 is 11.6 Å². The maximum Gasteiger partial charge on any atom is 0.506 e. The summed E-state index contributed by atoms with van der Waals surface area (Å²) < 4.78 is 3.72. The second kappa shape index (κ2) is 11.4. The fourth-order valence-electron chi connectivity index (χ4n) is 0.0467. The van der Waals surface area contributed by atoms with Gasteiger partial charge in [-0.2, -0.15) is 0 Å². The number of alkyl halides is 1. The van der Waals surface area contributed by atoms with Crippen LogP contribution in [-0.2, 0) is 4.74 Å². The van der Waals surface area contributed by atoms with E-state index in [1.165, 1.54) is 12.8 Å². The van der Waals surface area contributed by atoms with Gasteiger partial charge in [-0.25, -0.2) is 4.79 Å². The van der Waals surface area contributed by atoms with Crippen LogP contribution in [0.3, 0.4) is 0 Å². The van der Waals surface area contributed by atoms with Crippen molar-refractivity contribution in [1.29, 1.82) is 0 Å². The molecule has 0 spiro atoms. The van der Waals surface area contributed by atoms with E-state index in [0.29, 0.717) is 0 Å². The van der Waals surface area contributed by atoms with Gasteiger partial charge in [-0.05, 0) is 0 Å². The summed E-state index contributed by atoms with van der Waals surface area (Å²) in [5, 5.41) is 7.61. The van der Waals surface area contributed by atoms with Crippen molar-refractivity contribution >= 4 is 17.8 Å². The van der Waals surface area contributed by atoms with Crippen LogP contribution in [0.15, 0.2) is 0 Å². The fraction of sp³-hybridized carbons (Fsp3) is 0.833. The second-order valence-corrected chi connectivity index (χ2v) is 1.74. The molecule has 0 aromatic heterocycles. The number of halogens is 1. The molecule has 0 heterocycles. The largest absolute Gasteiger partial charge is 0.506 e. The molecular weight excluding hydrogens is 156 g/mol. The van der Waals surface area contributed by atoms with E-state index in [1.807, 2.05) is 0 Å². The molecular formula is C6H13ClO3. The molecule has 0 radical (unpaired) electrons. The van der Waals surface area contributed by atoms with Crippen molar-refractivity contribution in [2.24, 2.45) is 0 Å². The quantitative estimate of drug-likeness (QED) is 0.510. The van der Waals surface area contributed by atoms with Crippen molar-refractivity contribution in [3.8, 4) is 0 Å². The maximum atomic E-state index is 9.29. The molecule has 1 N–H and O–H groups in total. The summed E-state index contributed by atoms with van der Waals surface area (Å²) >= 11 is 4.79. The van der Waals surface area contributed by atoms with Crippen LogP contribution in [0.2, 0.25) is 0 Å². The van der Waals surface area contributed by atoms with Crippen LogP contribution in [0.5, 0.6) is 0 Å². The van der Waals surface area contributed by atoms with Gasteiger partial charge in [-0.15, -0.1) is 0 Å². The average molecular weight is 169 g/mol. The topological polar surface area (TPSA) is 46.5 Å². The molecule has 0 rings (SSSR count). The summed E-state index contributed by atoms with van der Waals surface area (Å²) in [6.45, 7) is 4.36. The Balaban J connectivity index is 0. The third kappa shape index (κ3) is 25.7. The fourth-order valence-corrected chi connectivity index (χ4v) is 0.140. The van der Waals surface area contributed by atoms with Crippen molar-refractivity contribution in [3.63, 3.8) is 0 Å². The molecule has 62 valence electrons. The molecule has 0 aromatic rings. The number of unbranched alkanes of at least 4 members (excludes halogenated alkanes) is 1. The maximum absolute atomic E-state index is 9.29. The highest BCUT2D eigenvalue weighted by atomic mass is 35.5. The smallest absolute Gasteiger partial charge is 0.450 e. The van der Waals surface area contributed by atoms with E-state index in [4.69, 9.17) is 16.7 Å². The molecule has 0 aromatic carbocycles. The summed E-state index contributed by atoms with van der Waals surface area (Å²) in [4.78, 5) is 9.29. The monoisotopic (exact) mass is 168 g/mol. The zero-order valence-corrected chi connectivity index (χ0v) is 7.02. The minimum absolute atomic E-state index is 0.296. The molecule has 4 heteroatoms. The summed E-state index contributed by atoms with van der Waals surface area (Å²) in [6, 6.07) is -0.296. The van der Waals surface area contributed by atoms with Crippen LogP contribution in [0, 0.1) is 0 Å². The Hall–Kier alpha value is -0.440. The lowest BCUT2D eigenvalue weighted by molar-refractivity contribution is 0.107. The summed E-state index contributed by atoms with van der Waals surface area (Å²) in [7, 11) is 0. The Kier molecular flexibility index (Phi) is 13.9. The van der Waals surface area contributed by atoms with E-state index in [9.17, 15) is 4.79 Å². The van der Waals surface area contributed by atoms with E-state index >= 15 is 0 Å². The van der Waals surface area contributed by atoms with Gasteiger partial charge in [-0.3, -0.25) is 0 Å². The standard InChI is InChI=1S/C4H10.C2H3ClO3/c1-3-4-2;3-1-6-2(4)5/h3-4H2,1-2H3;1H2,(H,4,5). The lowest BCUT2D eigenvalue weighted by Crippen LogP contribution is -1.95. The van der Waals surface area contributed by atoms with Gasteiger partial charge in [0, 0.05) is 0 Å². The molecule has 0 unspecified atom stereocenters. The highest BCUT2D eigenvalue weighted by Crippen LogP contribution is 1.77. The van der Waals surface area contributed by atoms with Crippen molar-refractivity contribution in [1.82, 2.24) is 0 Å². The number of hydrogen-bond acceptors (Lipinski definition) is 2. The molecule has 0 atom stereocenters. The van der Waals surface area contributed by atoms with Gasteiger partial charge < -0.3 is 9.84 Å². The highest BCUT2D eigenvalue weighted by molar-refractivity contribution is 6.17. The number of rotatable bonds is 2. The second-order valence-electron chi connectivity index (χ2n) is 1.52. The summed E-state index contributed by atoms with van der Waals surface area (Å²) in [5.41, 5.74) is 0. The van der Waals surface area contributed by atoms with Gasteiger partial charge in [0.25, 0.3) is 0 Å². The molecule has 0 amide bonds. The van der Waals surface area contributed by atoms with Gasteiger partial charge in [0.2, 0.25) is 0 Å². The molecule has 0 fully saturated rings. The van der Waals surface area contributed by atoms with Gasteiger partial charge >= 0.3 is 6.16 Å². The SMILES string of the molecule is CCCC.O=C(O)OCCl. The van der Waals surface area contributed by atoms with Gasteiger partial charge in [-0.1, -0.05) is 38.3 Å². The highest BCUT2D eigenvalue weighted by Gasteiger charge is 1.87. The summed E-state index contributed by atoms with van der Waals surface area (Å²) in [6.07, 6.45) is 1.30. The van der Waals surface area contributed by atoms with Crippen LogP contribution in [0.4, 0.5) is 4.79 Å². The van der Waals surface area contributed by atoms with Crippen molar-refractivity contribution < 1.29 is 14.6 Å². The molecule has 0 aliphatic heterocycles. The summed E-state index contributed by atoms with van der Waals surface area (Å²) in [5.74, 6) is 0. The number of carbonyl (C=O) groups is 1. The van der Waals surface area contributed by atoms with Crippen molar-refractivity contribution in [2.75, 3.05) is 6.07 Å². The molecule has 0 saturated carbocycles. The first-order chi connectivity index (χ1) is 4.68. The Morgan fingerprint density at radius 2 is 1.90 bits per heavy atom. The Labute approximate surface area is 65.9 Å². The number of ether oxygens (including phenoxy) is 1. The number of carboxylic acid groups (broad SMARTS) is 1. The van der Waals surface area contributed by atoms with Gasteiger partial charge in [0.1, 0.15) is 0 Å². The van der Waals surface area contributed by atoms with E-state index < -0.39 is 6.16 Å².